The summed E-state index contributed by atoms with van der Waals surface area (Å²) in [5.74, 6) is -0.419. The third-order valence-electron chi connectivity index (χ3n) is 5.14. The quantitative estimate of drug-likeness (QED) is 0.751. The summed E-state index contributed by atoms with van der Waals surface area (Å²) in [6, 6.07) is 10.9. The molecule has 3 rings (SSSR count). The average Bonchev–Trinajstić information content (AvgIpc) is 2.69. The van der Waals surface area contributed by atoms with Crippen LogP contribution in [0.5, 0.6) is 5.75 Å². The first-order chi connectivity index (χ1) is 13.8. The third-order valence-corrected chi connectivity index (χ3v) is 5.43. The fourth-order valence-corrected chi connectivity index (χ4v) is 3.79. The summed E-state index contributed by atoms with van der Waals surface area (Å²) in [6.07, 6.45) is 3.17. The molecule has 2 atom stereocenters. The van der Waals surface area contributed by atoms with E-state index in [1.807, 2.05) is 4.90 Å². The summed E-state index contributed by atoms with van der Waals surface area (Å²) in [5.41, 5.74) is 0.805. The summed E-state index contributed by atoms with van der Waals surface area (Å²) in [4.78, 5) is 26.7. The van der Waals surface area contributed by atoms with E-state index in [1.54, 1.807) is 24.3 Å². The molecule has 0 unspecified atom stereocenters. The van der Waals surface area contributed by atoms with Gasteiger partial charge in [-0.3, -0.25) is 9.59 Å². The van der Waals surface area contributed by atoms with Gasteiger partial charge in [0.25, 0.3) is 11.8 Å². The van der Waals surface area contributed by atoms with E-state index in [0.29, 0.717) is 17.0 Å². The Morgan fingerprint density at radius 2 is 1.79 bits per heavy atom. The minimum Gasteiger partial charge on any atom is -0.484 e. The van der Waals surface area contributed by atoms with Gasteiger partial charge in [0.15, 0.2) is 6.61 Å². The van der Waals surface area contributed by atoms with Gasteiger partial charge in [-0.2, -0.15) is 0 Å². The molecule has 1 heterocycles. The Hall–Kier alpha value is -2.60. The largest absolute Gasteiger partial charge is 0.484 e. The van der Waals surface area contributed by atoms with Crippen LogP contribution in [0.25, 0.3) is 0 Å². The minimum atomic E-state index is -0.547. The van der Waals surface area contributed by atoms with Gasteiger partial charge >= 0.3 is 0 Å². The Kier molecular flexibility index (Phi) is 6.75. The van der Waals surface area contributed by atoms with Crippen LogP contribution in [0.1, 0.15) is 43.5 Å². The molecule has 2 amide bonds. The molecule has 0 saturated carbocycles. The van der Waals surface area contributed by atoms with Crippen LogP contribution < -0.4 is 10.1 Å². The molecule has 2 aromatic carbocycles. The number of piperidine rings is 1. The Bertz CT molecular complexity index is 878. The van der Waals surface area contributed by atoms with Crippen LogP contribution in [-0.4, -0.2) is 35.4 Å². The van der Waals surface area contributed by atoms with Crippen LogP contribution in [0, 0.1) is 5.82 Å². The Balaban J connectivity index is 1.56. The molecule has 154 valence electrons. The van der Waals surface area contributed by atoms with Crippen molar-refractivity contribution in [2.75, 3.05) is 11.9 Å². The molecule has 2 aromatic rings. The molecule has 29 heavy (non-hydrogen) atoms. The second-order valence-corrected chi connectivity index (χ2v) is 7.73. The highest BCUT2D eigenvalue weighted by Crippen LogP contribution is 2.23. The molecule has 1 N–H and O–H groups in total. The third kappa shape index (κ3) is 5.26. The van der Waals surface area contributed by atoms with Crippen LogP contribution in [0.15, 0.2) is 42.5 Å². The SMILES string of the molecule is C[C@@H]1CCC[C@@H](C)N1C(=O)COc1ccc(C(=O)Nc2ccc(F)c(Cl)c2)cc1. The van der Waals surface area contributed by atoms with Crippen molar-refractivity contribution in [2.45, 2.75) is 45.2 Å². The predicted octanol–water partition coefficient (Wildman–Crippen LogP) is 4.90. The lowest BCUT2D eigenvalue weighted by atomic mass is 9.97. The van der Waals surface area contributed by atoms with E-state index in [2.05, 4.69) is 19.2 Å². The van der Waals surface area contributed by atoms with Gasteiger partial charge in [-0.05, 0) is 75.6 Å². The van der Waals surface area contributed by atoms with E-state index in [9.17, 15) is 14.0 Å². The zero-order valence-corrected chi connectivity index (χ0v) is 17.2. The van der Waals surface area contributed by atoms with Crippen molar-refractivity contribution in [3.8, 4) is 5.75 Å². The number of nitrogens with one attached hydrogen (secondary N) is 1. The maximum Gasteiger partial charge on any atom is 0.260 e. The maximum absolute atomic E-state index is 13.2. The van der Waals surface area contributed by atoms with Gasteiger partial charge < -0.3 is 15.0 Å². The maximum atomic E-state index is 13.2. The van der Waals surface area contributed by atoms with E-state index in [-0.39, 0.29) is 35.5 Å². The van der Waals surface area contributed by atoms with Crippen molar-refractivity contribution >= 4 is 29.1 Å². The van der Waals surface area contributed by atoms with E-state index in [4.69, 9.17) is 16.3 Å². The van der Waals surface area contributed by atoms with Crippen LogP contribution in [-0.2, 0) is 4.79 Å². The van der Waals surface area contributed by atoms with Gasteiger partial charge in [0.2, 0.25) is 0 Å². The van der Waals surface area contributed by atoms with Crippen molar-refractivity contribution in [1.82, 2.24) is 4.90 Å². The minimum absolute atomic E-state index is 0.0280. The normalized spacial score (nSPS) is 19.0. The molecule has 0 spiro atoms. The fraction of sp³-hybridized carbons (Fsp3) is 0.364. The van der Waals surface area contributed by atoms with E-state index < -0.39 is 5.82 Å². The lowest BCUT2D eigenvalue weighted by molar-refractivity contribution is -0.139. The molecule has 1 aliphatic heterocycles. The number of hydrogen-bond acceptors (Lipinski definition) is 3. The highest BCUT2D eigenvalue weighted by molar-refractivity contribution is 6.31. The van der Waals surface area contributed by atoms with Crippen LogP contribution in [0.3, 0.4) is 0 Å². The summed E-state index contributed by atoms with van der Waals surface area (Å²) in [5, 5.41) is 2.60. The molecule has 1 aliphatic rings. The van der Waals surface area contributed by atoms with Crippen LogP contribution in [0.4, 0.5) is 10.1 Å². The van der Waals surface area contributed by atoms with Crippen molar-refractivity contribution in [2.24, 2.45) is 0 Å². The van der Waals surface area contributed by atoms with E-state index in [0.717, 1.165) is 19.3 Å². The number of ether oxygens (including phenoxy) is 1. The molecule has 0 aromatic heterocycles. The van der Waals surface area contributed by atoms with Crippen molar-refractivity contribution in [3.63, 3.8) is 0 Å². The Labute approximate surface area is 174 Å². The second kappa shape index (κ2) is 9.27. The molecule has 0 radical (unpaired) electrons. The average molecular weight is 419 g/mol. The van der Waals surface area contributed by atoms with Gasteiger partial charge in [-0.1, -0.05) is 11.6 Å². The molecular weight excluding hydrogens is 395 g/mol. The van der Waals surface area contributed by atoms with E-state index >= 15 is 0 Å². The number of carbonyl (C=O) groups is 2. The van der Waals surface area contributed by atoms with Gasteiger partial charge in [0, 0.05) is 23.3 Å². The van der Waals surface area contributed by atoms with Crippen molar-refractivity contribution < 1.29 is 18.7 Å². The number of anilines is 1. The summed E-state index contributed by atoms with van der Waals surface area (Å²) in [7, 11) is 0. The molecule has 0 aliphatic carbocycles. The number of carbonyl (C=O) groups excluding carboxylic acids is 2. The molecular formula is C22H24ClFN2O3. The molecule has 0 bridgehead atoms. The monoisotopic (exact) mass is 418 g/mol. The number of likely N-dealkylation sites (tertiary alicyclic amines) is 1. The predicted molar refractivity (Wildman–Crippen MR) is 111 cm³/mol. The highest BCUT2D eigenvalue weighted by atomic mass is 35.5. The number of nitrogens with zero attached hydrogens (tertiary/aromatic N) is 1. The van der Waals surface area contributed by atoms with Crippen molar-refractivity contribution in [1.29, 1.82) is 0 Å². The van der Waals surface area contributed by atoms with Crippen LogP contribution >= 0.6 is 11.6 Å². The Morgan fingerprint density at radius 1 is 1.14 bits per heavy atom. The van der Waals surface area contributed by atoms with Gasteiger partial charge in [0.1, 0.15) is 11.6 Å². The first-order valence-corrected chi connectivity index (χ1v) is 10.0. The first-order valence-electron chi connectivity index (χ1n) is 9.65. The molecule has 7 heteroatoms. The van der Waals surface area contributed by atoms with Crippen LogP contribution in [0.2, 0.25) is 5.02 Å². The topological polar surface area (TPSA) is 58.6 Å². The number of halogens is 2. The van der Waals surface area contributed by atoms with Gasteiger partial charge in [0.05, 0.1) is 5.02 Å². The fourth-order valence-electron chi connectivity index (χ4n) is 3.61. The second-order valence-electron chi connectivity index (χ2n) is 7.33. The standard InChI is InChI=1S/C22H24ClFN2O3/c1-14-4-3-5-15(2)26(14)21(27)13-29-18-9-6-16(7-10-18)22(28)25-17-8-11-20(24)19(23)12-17/h6-12,14-15H,3-5,13H2,1-2H3,(H,25,28)/t14-,15-/m1/s1. The lowest BCUT2D eigenvalue weighted by Crippen LogP contribution is -2.49. The van der Waals surface area contributed by atoms with Gasteiger partial charge in [-0.15, -0.1) is 0 Å². The van der Waals surface area contributed by atoms with Crippen molar-refractivity contribution in [3.05, 3.63) is 58.9 Å². The number of rotatable bonds is 5. The lowest BCUT2D eigenvalue weighted by Gasteiger charge is -2.38. The summed E-state index contributed by atoms with van der Waals surface area (Å²) in [6.45, 7) is 4.10. The number of benzene rings is 2. The molecule has 1 fully saturated rings. The summed E-state index contributed by atoms with van der Waals surface area (Å²) >= 11 is 5.72. The zero-order chi connectivity index (χ0) is 21.0. The smallest absolute Gasteiger partial charge is 0.260 e. The number of amides is 2. The molecule has 5 nitrogen and oxygen atoms in total. The van der Waals surface area contributed by atoms with E-state index in [1.165, 1.54) is 18.2 Å². The highest BCUT2D eigenvalue weighted by Gasteiger charge is 2.28. The molecule has 1 saturated heterocycles. The number of hydrogen-bond donors (Lipinski definition) is 1. The zero-order valence-electron chi connectivity index (χ0n) is 16.5. The van der Waals surface area contributed by atoms with Gasteiger partial charge in [-0.25, -0.2) is 4.39 Å². The summed E-state index contributed by atoms with van der Waals surface area (Å²) < 4.78 is 18.8. The first kappa shape index (κ1) is 21.1. The Morgan fingerprint density at radius 3 is 2.41 bits per heavy atom.